The number of piperidine rings is 1. The SMILES string of the molecule is CN1CCC(c2ccc(N3Cc4ccccc4C3=O)cc2)CC1. The molecule has 0 N–H and O–H groups in total. The summed E-state index contributed by atoms with van der Waals surface area (Å²) in [4.78, 5) is 16.8. The van der Waals surface area contributed by atoms with Gasteiger partial charge in [0.25, 0.3) is 5.91 Å². The van der Waals surface area contributed by atoms with E-state index in [1.165, 1.54) is 31.5 Å². The summed E-state index contributed by atoms with van der Waals surface area (Å²) in [6.45, 7) is 3.03. The van der Waals surface area contributed by atoms with Gasteiger partial charge in [-0.15, -0.1) is 0 Å². The molecule has 2 aliphatic heterocycles. The minimum Gasteiger partial charge on any atom is -0.306 e. The molecule has 23 heavy (non-hydrogen) atoms. The molecule has 2 heterocycles. The molecule has 0 saturated carbocycles. The highest BCUT2D eigenvalue weighted by Gasteiger charge is 2.28. The van der Waals surface area contributed by atoms with Gasteiger partial charge in [-0.2, -0.15) is 0 Å². The molecule has 0 aliphatic carbocycles. The van der Waals surface area contributed by atoms with Gasteiger partial charge in [0, 0.05) is 11.3 Å². The zero-order valence-corrected chi connectivity index (χ0v) is 13.5. The van der Waals surface area contributed by atoms with E-state index in [4.69, 9.17) is 0 Å². The highest BCUT2D eigenvalue weighted by molar-refractivity contribution is 6.09. The van der Waals surface area contributed by atoms with Crippen LogP contribution in [0.15, 0.2) is 48.5 Å². The third kappa shape index (κ3) is 2.66. The largest absolute Gasteiger partial charge is 0.306 e. The van der Waals surface area contributed by atoms with E-state index in [-0.39, 0.29) is 5.91 Å². The first-order valence-electron chi connectivity index (χ1n) is 8.40. The first-order valence-corrected chi connectivity index (χ1v) is 8.40. The van der Waals surface area contributed by atoms with Crippen molar-refractivity contribution in [3.8, 4) is 0 Å². The van der Waals surface area contributed by atoms with Crippen LogP contribution in [0, 0.1) is 0 Å². The van der Waals surface area contributed by atoms with E-state index in [0.29, 0.717) is 12.5 Å². The average Bonchev–Trinajstić information content (AvgIpc) is 2.93. The number of benzene rings is 2. The summed E-state index contributed by atoms with van der Waals surface area (Å²) >= 11 is 0. The normalized spacial score (nSPS) is 19.2. The molecule has 3 heteroatoms. The number of amides is 1. The van der Waals surface area contributed by atoms with Crippen LogP contribution in [0.5, 0.6) is 0 Å². The molecule has 118 valence electrons. The van der Waals surface area contributed by atoms with Crippen LogP contribution in [0.25, 0.3) is 0 Å². The van der Waals surface area contributed by atoms with Gasteiger partial charge in [0.15, 0.2) is 0 Å². The van der Waals surface area contributed by atoms with Crippen LogP contribution in [-0.4, -0.2) is 30.9 Å². The molecule has 0 radical (unpaired) electrons. The zero-order valence-electron chi connectivity index (χ0n) is 13.5. The Hall–Kier alpha value is -2.13. The van der Waals surface area contributed by atoms with Crippen molar-refractivity contribution in [1.29, 1.82) is 0 Å². The summed E-state index contributed by atoms with van der Waals surface area (Å²) < 4.78 is 0. The number of likely N-dealkylation sites (tertiary alicyclic amines) is 1. The molecule has 0 atom stereocenters. The van der Waals surface area contributed by atoms with Gasteiger partial charge in [-0.1, -0.05) is 30.3 Å². The number of anilines is 1. The molecular weight excluding hydrogens is 284 g/mol. The van der Waals surface area contributed by atoms with E-state index in [1.54, 1.807) is 0 Å². The zero-order chi connectivity index (χ0) is 15.8. The second-order valence-electron chi connectivity index (χ2n) is 6.72. The lowest BCUT2D eigenvalue weighted by Gasteiger charge is -2.29. The Labute approximate surface area is 137 Å². The number of hydrogen-bond donors (Lipinski definition) is 0. The summed E-state index contributed by atoms with van der Waals surface area (Å²) in [7, 11) is 2.19. The summed E-state index contributed by atoms with van der Waals surface area (Å²) in [5.74, 6) is 0.777. The van der Waals surface area contributed by atoms with Gasteiger partial charge < -0.3 is 9.80 Å². The van der Waals surface area contributed by atoms with Crippen LogP contribution in [0.1, 0.15) is 40.2 Å². The molecule has 4 rings (SSSR count). The van der Waals surface area contributed by atoms with Crippen molar-refractivity contribution < 1.29 is 4.79 Å². The van der Waals surface area contributed by atoms with Crippen LogP contribution in [0.2, 0.25) is 0 Å². The van der Waals surface area contributed by atoms with Gasteiger partial charge >= 0.3 is 0 Å². The fourth-order valence-corrected chi connectivity index (χ4v) is 3.73. The molecule has 0 bridgehead atoms. The van der Waals surface area contributed by atoms with Crippen molar-refractivity contribution in [1.82, 2.24) is 4.90 Å². The van der Waals surface area contributed by atoms with Gasteiger partial charge in [-0.05, 0) is 68.2 Å². The van der Waals surface area contributed by atoms with Crippen LogP contribution >= 0.6 is 0 Å². The maximum Gasteiger partial charge on any atom is 0.258 e. The van der Waals surface area contributed by atoms with Crippen LogP contribution in [0.3, 0.4) is 0 Å². The van der Waals surface area contributed by atoms with Gasteiger partial charge in [0.05, 0.1) is 6.54 Å². The Morgan fingerprint density at radius 3 is 2.35 bits per heavy atom. The Kier molecular flexibility index (Phi) is 3.66. The Morgan fingerprint density at radius 1 is 0.957 bits per heavy atom. The number of carbonyl (C=O) groups excluding carboxylic acids is 1. The van der Waals surface area contributed by atoms with Crippen LogP contribution in [-0.2, 0) is 6.54 Å². The van der Waals surface area contributed by atoms with Crippen LogP contribution < -0.4 is 4.90 Å². The molecule has 0 spiro atoms. The topological polar surface area (TPSA) is 23.6 Å². The maximum absolute atomic E-state index is 12.5. The fourth-order valence-electron chi connectivity index (χ4n) is 3.73. The number of nitrogens with zero attached hydrogens (tertiary/aromatic N) is 2. The second kappa shape index (κ2) is 5.82. The smallest absolute Gasteiger partial charge is 0.258 e. The van der Waals surface area contributed by atoms with Gasteiger partial charge in [0.2, 0.25) is 0 Å². The van der Waals surface area contributed by atoms with E-state index in [9.17, 15) is 4.79 Å². The number of fused-ring (bicyclic) bond motifs is 1. The van der Waals surface area contributed by atoms with E-state index in [2.05, 4.69) is 36.2 Å². The summed E-state index contributed by atoms with van der Waals surface area (Å²) in [5.41, 5.74) is 4.37. The standard InChI is InChI=1S/C20H22N2O/c1-21-12-10-16(11-13-21)15-6-8-18(9-7-15)22-14-17-4-2-3-5-19(17)20(22)23/h2-9,16H,10-14H2,1H3. The predicted molar refractivity (Wildman–Crippen MR) is 92.9 cm³/mol. The van der Waals surface area contributed by atoms with Gasteiger partial charge in [-0.25, -0.2) is 0 Å². The number of hydrogen-bond acceptors (Lipinski definition) is 2. The van der Waals surface area contributed by atoms with Crippen molar-refractivity contribution in [2.45, 2.75) is 25.3 Å². The van der Waals surface area contributed by atoms with E-state index in [0.717, 1.165) is 16.8 Å². The Balaban J connectivity index is 1.52. The van der Waals surface area contributed by atoms with E-state index in [1.807, 2.05) is 29.2 Å². The van der Waals surface area contributed by atoms with E-state index >= 15 is 0 Å². The van der Waals surface area contributed by atoms with Crippen molar-refractivity contribution >= 4 is 11.6 Å². The summed E-state index contributed by atoms with van der Waals surface area (Å²) in [6, 6.07) is 16.5. The van der Waals surface area contributed by atoms with Crippen molar-refractivity contribution in [2.75, 3.05) is 25.0 Å². The van der Waals surface area contributed by atoms with Gasteiger partial charge in [-0.3, -0.25) is 4.79 Å². The van der Waals surface area contributed by atoms with E-state index < -0.39 is 0 Å². The third-order valence-corrected chi connectivity index (χ3v) is 5.22. The molecule has 1 fully saturated rings. The minimum absolute atomic E-state index is 0.118. The second-order valence-corrected chi connectivity index (χ2v) is 6.72. The lowest BCUT2D eigenvalue weighted by atomic mass is 9.89. The maximum atomic E-state index is 12.5. The predicted octanol–water partition coefficient (Wildman–Crippen LogP) is 3.66. The van der Waals surface area contributed by atoms with Crippen molar-refractivity contribution in [3.05, 3.63) is 65.2 Å². The highest BCUT2D eigenvalue weighted by atomic mass is 16.2. The first-order chi connectivity index (χ1) is 11.2. The molecule has 2 aliphatic rings. The quantitative estimate of drug-likeness (QED) is 0.845. The molecule has 2 aromatic carbocycles. The number of rotatable bonds is 2. The lowest BCUT2D eigenvalue weighted by molar-refractivity contribution is 0.0996. The molecule has 0 aromatic heterocycles. The molecule has 3 nitrogen and oxygen atoms in total. The number of carbonyl (C=O) groups is 1. The summed E-state index contributed by atoms with van der Waals surface area (Å²) in [6.07, 6.45) is 2.45. The first kappa shape index (κ1) is 14.5. The molecule has 1 amide bonds. The Bertz CT molecular complexity index is 715. The summed E-state index contributed by atoms with van der Waals surface area (Å²) in [5, 5.41) is 0. The average molecular weight is 306 g/mol. The lowest BCUT2D eigenvalue weighted by Crippen LogP contribution is -2.29. The molecule has 2 aromatic rings. The molecule has 1 saturated heterocycles. The van der Waals surface area contributed by atoms with Crippen LogP contribution in [0.4, 0.5) is 5.69 Å². The fraction of sp³-hybridized carbons (Fsp3) is 0.350. The van der Waals surface area contributed by atoms with Crippen molar-refractivity contribution in [3.63, 3.8) is 0 Å². The highest BCUT2D eigenvalue weighted by Crippen LogP contribution is 2.32. The molecular formula is C20H22N2O. The van der Waals surface area contributed by atoms with Crippen molar-refractivity contribution in [2.24, 2.45) is 0 Å². The molecule has 0 unspecified atom stereocenters. The monoisotopic (exact) mass is 306 g/mol. The third-order valence-electron chi connectivity index (χ3n) is 5.22. The minimum atomic E-state index is 0.118. The van der Waals surface area contributed by atoms with Gasteiger partial charge in [0.1, 0.15) is 0 Å². The Morgan fingerprint density at radius 2 is 1.65 bits per heavy atom.